The monoisotopic (exact) mass is 282 g/mol. The number of aromatic nitrogens is 1. The van der Waals surface area contributed by atoms with Gasteiger partial charge >= 0.3 is 0 Å². The molecule has 0 fully saturated rings. The van der Waals surface area contributed by atoms with Gasteiger partial charge in [-0.05, 0) is 30.7 Å². The van der Waals surface area contributed by atoms with Crippen molar-refractivity contribution in [3.05, 3.63) is 59.7 Å². The molecule has 1 N–H and O–H groups in total. The summed E-state index contributed by atoms with van der Waals surface area (Å²) in [7, 11) is 0. The van der Waals surface area contributed by atoms with Crippen LogP contribution in [0.1, 0.15) is 16.8 Å². The zero-order chi connectivity index (χ0) is 14.5. The molecule has 1 amide bonds. The second kappa shape index (κ2) is 6.27. The molecule has 0 saturated carbocycles. The number of halogens is 3. The summed E-state index contributed by atoms with van der Waals surface area (Å²) >= 11 is 0. The molecular formula is C14H13F3N2O. The summed E-state index contributed by atoms with van der Waals surface area (Å²) in [6.45, 7) is 1.02. The van der Waals surface area contributed by atoms with Crippen molar-refractivity contribution >= 4 is 5.91 Å². The first-order valence-electron chi connectivity index (χ1n) is 6.12. The number of benzene rings is 1. The minimum Gasteiger partial charge on any atom is -0.354 e. The summed E-state index contributed by atoms with van der Waals surface area (Å²) in [6, 6.07) is 5.42. The van der Waals surface area contributed by atoms with E-state index in [1.165, 1.54) is 0 Å². The second-order valence-corrected chi connectivity index (χ2v) is 4.25. The summed E-state index contributed by atoms with van der Waals surface area (Å²) in [4.78, 5) is 11.6. The first-order chi connectivity index (χ1) is 9.59. The molecule has 2 rings (SSSR count). The Balaban J connectivity index is 1.87. The summed E-state index contributed by atoms with van der Waals surface area (Å²) < 4.78 is 41.0. The number of carbonyl (C=O) groups excluding carboxylic acids is 1. The van der Waals surface area contributed by atoms with Crippen LogP contribution in [0, 0.1) is 17.5 Å². The minimum atomic E-state index is -1.63. The van der Waals surface area contributed by atoms with Crippen LogP contribution >= 0.6 is 0 Å². The van der Waals surface area contributed by atoms with Crippen molar-refractivity contribution in [1.29, 1.82) is 0 Å². The minimum absolute atomic E-state index is 0.315. The molecule has 0 unspecified atom stereocenters. The van der Waals surface area contributed by atoms with E-state index in [4.69, 9.17) is 0 Å². The molecule has 1 heterocycles. The maximum absolute atomic E-state index is 13.4. The molecule has 2 aromatic rings. The molecular weight excluding hydrogens is 269 g/mol. The highest BCUT2D eigenvalue weighted by atomic mass is 19.2. The van der Waals surface area contributed by atoms with Gasteiger partial charge in [0.25, 0.3) is 5.91 Å². The van der Waals surface area contributed by atoms with Gasteiger partial charge in [-0.1, -0.05) is 0 Å². The smallest absolute Gasteiger partial charge is 0.254 e. The van der Waals surface area contributed by atoms with Crippen LogP contribution in [-0.4, -0.2) is 17.0 Å². The van der Waals surface area contributed by atoms with E-state index in [-0.39, 0.29) is 0 Å². The van der Waals surface area contributed by atoms with Crippen LogP contribution in [0.5, 0.6) is 0 Å². The number of hydrogen-bond acceptors (Lipinski definition) is 1. The largest absolute Gasteiger partial charge is 0.354 e. The number of amides is 1. The molecule has 0 aliphatic rings. The van der Waals surface area contributed by atoms with Crippen molar-refractivity contribution in [2.45, 2.75) is 13.0 Å². The first kappa shape index (κ1) is 14.2. The zero-order valence-electron chi connectivity index (χ0n) is 10.6. The van der Waals surface area contributed by atoms with Crippen LogP contribution in [0.15, 0.2) is 36.7 Å². The predicted molar refractivity (Wildman–Crippen MR) is 67.7 cm³/mol. The van der Waals surface area contributed by atoms with Gasteiger partial charge < -0.3 is 9.88 Å². The normalized spacial score (nSPS) is 10.6. The number of hydrogen-bond donors (Lipinski definition) is 1. The number of rotatable bonds is 5. The van der Waals surface area contributed by atoms with Gasteiger partial charge in [0.15, 0.2) is 17.5 Å². The van der Waals surface area contributed by atoms with E-state index in [1.807, 2.05) is 29.1 Å². The molecule has 0 aliphatic carbocycles. The van der Waals surface area contributed by atoms with Crippen LogP contribution < -0.4 is 5.32 Å². The van der Waals surface area contributed by atoms with Crippen LogP contribution in [0.2, 0.25) is 0 Å². The first-order valence-corrected chi connectivity index (χ1v) is 6.12. The fraction of sp³-hybridized carbons (Fsp3) is 0.214. The fourth-order valence-corrected chi connectivity index (χ4v) is 1.78. The van der Waals surface area contributed by atoms with Crippen LogP contribution in [0.25, 0.3) is 0 Å². The maximum atomic E-state index is 13.4. The maximum Gasteiger partial charge on any atom is 0.254 e. The number of carbonyl (C=O) groups is 1. The van der Waals surface area contributed by atoms with Crippen LogP contribution in [-0.2, 0) is 6.54 Å². The van der Waals surface area contributed by atoms with E-state index >= 15 is 0 Å². The van der Waals surface area contributed by atoms with Gasteiger partial charge in [0.2, 0.25) is 0 Å². The third-order valence-electron chi connectivity index (χ3n) is 2.82. The Morgan fingerprint density at radius 3 is 2.50 bits per heavy atom. The zero-order valence-corrected chi connectivity index (χ0v) is 10.6. The molecule has 1 aromatic heterocycles. The Morgan fingerprint density at radius 1 is 1.10 bits per heavy atom. The van der Waals surface area contributed by atoms with Crippen LogP contribution in [0.3, 0.4) is 0 Å². The van der Waals surface area contributed by atoms with Gasteiger partial charge in [-0.2, -0.15) is 0 Å². The van der Waals surface area contributed by atoms with Crippen molar-refractivity contribution in [1.82, 2.24) is 9.88 Å². The van der Waals surface area contributed by atoms with Gasteiger partial charge in [0.1, 0.15) is 0 Å². The summed E-state index contributed by atoms with van der Waals surface area (Å²) in [5.74, 6) is -5.17. The SMILES string of the molecule is O=C(NCCCn1cccc1)c1ccc(F)c(F)c1F. The van der Waals surface area contributed by atoms with E-state index in [2.05, 4.69) is 5.32 Å². The molecule has 0 spiro atoms. The van der Waals surface area contributed by atoms with Crippen molar-refractivity contribution in [3.63, 3.8) is 0 Å². The lowest BCUT2D eigenvalue weighted by Crippen LogP contribution is -2.26. The Hall–Kier alpha value is -2.24. The Morgan fingerprint density at radius 2 is 1.80 bits per heavy atom. The molecule has 0 atom stereocenters. The highest BCUT2D eigenvalue weighted by Crippen LogP contribution is 2.14. The van der Waals surface area contributed by atoms with Crippen LogP contribution in [0.4, 0.5) is 13.2 Å². The molecule has 3 nitrogen and oxygen atoms in total. The molecule has 0 aliphatic heterocycles. The third kappa shape index (κ3) is 3.20. The van der Waals surface area contributed by atoms with Gasteiger partial charge in [-0.25, -0.2) is 13.2 Å². The molecule has 106 valence electrons. The van der Waals surface area contributed by atoms with E-state index < -0.39 is 28.9 Å². The molecule has 6 heteroatoms. The molecule has 0 radical (unpaired) electrons. The van der Waals surface area contributed by atoms with Crippen molar-refractivity contribution in [3.8, 4) is 0 Å². The Labute approximate surface area is 114 Å². The lowest BCUT2D eigenvalue weighted by atomic mass is 10.2. The molecule has 0 saturated heterocycles. The average Bonchev–Trinajstić information content (AvgIpc) is 2.94. The number of aryl methyl sites for hydroxylation is 1. The Kier molecular flexibility index (Phi) is 4.45. The van der Waals surface area contributed by atoms with E-state index in [0.717, 1.165) is 12.1 Å². The fourth-order valence-electron chi connectivity index (χ4n) is 1.78. The summed E-state index contributed by atoms with van der Waals surface area (Å²) in [6.07, 6.45) is 4.42. The van der Waals surface area contributed by atoms with Crippen molar-refractivity contribution in [2.75, 3.05) is 6.54 Å². The second-order valence-electron chi connectivity index (χ2n) is 4.25. The summed E-state index contributed by atoms with van der Waals surface area (Å²) in [5.41, 5.74) is -0.495. The lowest BCUT2D eigenvalue weighted by molar-refractivity contribution is 0.0947. The topological polar surface area (TPSA) is 34.0 Å². The quantitative estimate of drug-likeness (QED) is 0.664. The summed E-state index contributed by atoms with van der Waals surface area (Å²) in [5, 5.41) is 2.47. The van der Waals surface area contributed by atoms with Gasteiger partial charge in [0, 0.05) is 25.5 Å². The van der Waals surface area contributed by atoms with Gasteiger partial charge in [0.05, 0.1) is 5.56 Å². The van der Waals surface area contributed by atoms with Crippen molar-refractivity contribution in [2.24, 2.45) is 0 Å². The third-order valence-corrected chi connectivity index (χ3v) is 2.82. The van der Waals surface area contributed by atoms with Gasteiger partial charge in [-0.3, -0.25) is 4.79 Å². The highest BCUT2D eigenvalue weighted by Gasteiger charge is 2.18. The number of nitrogens with one attached hydrogen (secondary N) is 1. The van der Waals surface area contributed by atoms with Crippen molar-refractivity contribution < 1.29 is 18.0 Å². The van der Waals surface area contributed by atoms with E-state index in [0.29, 0.717) is 19.5 Å². The predicted octanol–water partition coefficient (Wildman–Crippen LogP) is 2.73. The molecule has 20 heavy (non-hydrogen) atoms. The number of nitrogens with zero attached hydrogens (tertiary/aromatic N) is 1. The highest BCUT2D eigenvalue weighted by molar-refractivity contribution is 5.94. The molecule has 0 bridgehead atoms. The molecule has 1 aromatic carbocycles. The standard InChI is InChI=1S/C14H13F3N2O/c15-11-5-4-10(12(16)13(11)17)14(20)18-6-3-9-19-7-1-2-8-19/h1-2,4-5,7-8H,3,6,9H2,(H,18,20). The van der Waals surface area contributed by atoms with E-state index in [1.54, 1.807) is 0 Å². The van der Waals surface area contributed by atoms with Gasteiger partial charge in [-0.15, -0.1) is 0 Å². The Bertz CT molecular complexity index is 597. The lowest BCUT2D eigenvalue weighted by Gasteiger charge is -2.07. The van der Waals surface area contributed by atoms with E-state index in [9.17, 15) is 18.0 Å². The average molecular weight is 282 g/mol.